The van der Waals surface area contributed by atoms with Crippen LogP contribution in [0, 0.1) is 13.8 Å². The van der Waals surface area contributed by atoms with Gasteiger partial charge >= 0.3 is 0 Å². The van der Waals surface area contributed by atoms with Gasteiger partial charge in [0.05, 0.1) is 5.69 Å². The molecule has 1 aliphatic carbocycles. The van der Waals surface area contributed by atoms with Gasteiger partial charge in [0.15, 0.2) is 0 Å². The first kappa shape index (κ1) is 12.4. The van der Waals surface area contributed by atoms with Gasteiger partial charge in [0.2, 0.25) is 10.0 Å². The number of nitrogen functional groups attached to an aromatic ring is 1. The van der Waals surface area contributed by atoms with Crippen molar-refractivity contribution in [2.24, 2.45) is 0 Å². The summed E-state index contributed by atoms with van der Waals surface area (Å²) in [5.41, 5.74) is 8.12. The predicted octanol–water partition coefficient (Wildman–Crippen LogP) is 1.67. The van der Waals surface area contributed by atoms with Crippen LogP contribution in [0.1, 0.15) is 24.0 Å². The summed E-state index contributed by atoms with van der Waals surface area (Å²) in [6, 6.07) is 3.54. The van der Waals surface area contributed by atoms with Gasteiger partial charge < -0.3 is 5.73 Å². The van der Waals surface area contributed by atoms with Gasteiger partial charge in [-0.3, -0.25) is 0 Å². The van der Waals surface area contributed by atoms with Crippen LogP contribution in [-0.2, 0) is 10.0 Å². The van der Waals surface area contributed by atoms with E-state index in [0.29, 0.717) is 5.69 Å². The van der Waals surface area contributed by atoms with Crippen molar-refractivity contribution in [3.8, 4) is 0 Å². The molecule has 0 heterocycles. The fourth-order valence-electron chi connectivity index (χ4n) is 1.82. The van der Waals surface area contributed by atoms with Crippen LogP contribution in [0.15, 0.2) is 17.0 Å². The van der Waals surface area contributed by atoms with Crippen molar-refractivity contribution in [2.45, 2.75) is 37.6 Å². The van der Waals surface area contributed by atoms with Gasteiger partial charge in [-0.1, -0.05) is 0 Å². The molecule has 2 N–H and O–H groups in total. The standard InChI is InChI=1S/C12H18N2O2S/c1-8-6-11(13)12(7-9(8)2)17(15,16)14(3)10-4-5-10/h6-7,10H,4-5,13H2,1-3H3. The van der Waals surface area contributed by atoms with Crippen molar-refractivity contribution in [3.05, 3.63) is 23.3 Å². The smallest absolute Gasteiger partial charge is 0.245 e. The Kier molecular flexibility index (Phi) is 2.91. The van der Waals surface area contributed by atoms with Gasteiger partial charge in [-0.15, -0.1) is 0 Å². The molecular formula is C12H18N2O2S. The Labute approximate surface area is 102 Å². The molecule has 4 nitrogen and oxygen atoms in total. The maximum atomic E-state index is 12.3. The highest BCUT2D eigenvalue weighted by atomic mass is 32.2. The second kappa shape index (κ2) is 3.99. The number of hydrogen-bond acceptors (Lipinski definition) is 3. The van der Waals surface area contributed by atoms with E-state index in [-0.39, 0.29) is 10.9 Å². The van der Waals surface area contributed by atoms with Crippen molar-refractivity contribution in [3.63, 3.8) is 0 Å². The van der Waals surface area contributed by atoms with Crippen LogP contribution in [-0.4, -0.2) is 25.8 Å². The topological polar surface area (TPSA) is 63.4 Å². The Bertz CT molecular complexity index is 548. The lowest BCUT2D eigenvalue weighted by atomic mass is 10.1. The number of nitrogens with zero attached hydrogens (tertiary/aromatic N) is 1. The normalized spacial score (nSPS) is 16.5. The van der Waals surface area contributed by atoms with E-state index in [9.17, 15) is 8.42 Å². The van der Waals surface area contributed by atoms with Crippen LogP contribution in [0.25, 0.3) is 0 Å². The average molecular weight is 254 g/mol. The molecule has 0 aromatic heterocycles. The maximum absolute atomic E-state index is 12.3. The van der Waals surface area contributed by atoms with Crippen molar-refractivity contribution in [1.82, 2.24) is 4.31 Å². The van der Waals surface area contributed by atoms with Gasteiger partial charge in [-0.25, -0.2) is 8.42 Å². The Morgan fingerprint density at radius 1 is 1.24 bits per heavy atom. The van der Waals surface area contributed by atoms with Crippen LogP contribution >= 0.6 is 0 Å². The van der Waals surface area contributed by atoms with Crippen LogP contribution in [0.2, 0.25) is 0 Å². The summed E-state index contributed by atoms with van der Waals surface area (Å²) in [5, 5.41) is 0. The Morgan fingerprint density at radius 2 is 1.76 bits per heavy atom. The van der Waals surface area contributed by atoms with E-state index in [1.54, 1.807) is 19.2 Å². The number of rotatable bonds is 3. The monoisotopic (exact) mass is 254 g/mol. The number of benzene rings is 1. The molecule has 17 heavy (non-hydrogen) atoms. The van der Waals surface area contributed by atoms with Gasteiger partial charge in [0.25, 0.3) is 0 Å². The first-order chi connectivity index (χ1) is 7.84. The molecule has 0 spiro atoms. The van der Waals surface area contributed by atoms with Gasteiger partial charge in [0, 0.05) is 13.1 Å². The molecule has 1 aromatic rings. The second-order valence-corrected chi connectivity index (χ2v) is 6.69. The Hall–Kier alpha value is -1.07. The zero-order chi connectivity index (χ0) is 12.8. The molecule has 0 saturated heterocycles. The molecule has 2 rings (SSSR count). The maximum Gasteiger partial charge on any atom is 0.245 e. The number of anilines is 1. The summed E-state index contributed by atoms with van der Waals surface area (Å²) in [4.78, 5) is 0.231. The third kappa shape index (κ3) is 2.17. The highest BCUT2D eigenvalue weighted by Crippen LogP contribution is 2.33. The molecule has 94 valence electrons. The molecule has 1 fully saturated rings. The summed E-state index contributed by atoms with van der Waals surface area (Å²) in [6.07, 6.45) is 1.89. The summed E-state index contributed by atoms with van der Waals surface area (Å²) in [5.74, 6) is 0. The van der Waals surface area contributed by atoms with Gasteiger partial charge in [-0.05, 0) is 49.9 Å². The number of hydrogen-bond donors (Lipinski definition) is 1. The molecule has 1 saturated carbocycles. The fourth-order valence-corrected chi connectivity index (χ4v) is 3.42. The number of nitrogens with two attached hydrogens (primary N) is 1. The number of aryl methyl sites for hydroxylation is 2. The lowest BCUT2D eigenvalue weighted by Gasteiger charge is -2.18. The van der Waals surface area contributed by atoms with E-state index < -0.39 is 10.0 Å². The molecule has 1 aromatic carbocycles. The van der Waals surface area contributed by atoms with Crippen LogP contribution in [0.5, 0.6) is 0 Å². The van der Waals surface area contributed by atoms with Crippen molar-refractivity contribution < 1.29 is 8.42 Å². The lowest BCUT2D eigenvalue weighted by molar-refractivity contribution is 0.464. The van der Waals surface area contributed by atoms with Crippen molar-refractivity contribution in [1.29, 1.82) is 0 Å². The van der Waals surface area contributed by atoms with E-state index in [1.807, 2.05) is 13.8 Å². The zero-order valence-electron chi connectivity index (χ0n) is 10.4. The molecule has 5 heteroatoms. The Morgan fingerprint density at radius 3 is 2.29 bits per heavy atom. The fraction of sp³-hybridized carbons (Fsp3) is 0.500. The predicted molar refractivity (Wildman–Crippen MR) is 68.3 cm³/mol. The van der Waals surface area contributed by atoms with Crippen LogP contribution < -0.4 is 5.73 Å². The first-order valence-electron chi connectivity index (χ1n) is 5.69. The summed E-state index contributed by atoms with van der Waals surface area (Å²) in [6.45, 7) is 3.82. The minimum Gasteiger partial charge on any atom is -0.398 e. The third-order valence-electron chi connectivity index (χ3n) is 3.34. The van der Waals surface area contributed by atoms with Crippen LogP contribution in [0.4, 0.5) is 5.69 Å². The van der Waals surface area contributed by atoms with Gasteiger partial charge in [-0.2, -0.15) is 4.31 Å². The van der Waals surface area contributed by atoms with E-state index in [1.165, 1.54) is 4.31 Å². The average Bonchev–Trinajstić information content (AvgIpc) is 3.05. The van der Waals surface area contributed by atoms with E-state index in [0.717, 1.165) is 24.0 Å². The van der Waals surface area contributed by atoms with E-state index in [4.69, 9.17) is 5.73 Å². The van der Waals surface area contributed by atoms with Crippen molar-refractivity contribution >= 4 is 15.7 Å². The van der Waals surface area contributed by atoms with Crippen LogP contribution in [0.3, 0.4) is 0 Å². The minimum absolute atomic E-state index is 0.154. The quantitative estimate of drug-likeness (QED) is 0.834. The largest absolute Gasteiger partial charge is 0.398 e. The highest BCUT2D eigenvalue weighted by Gasteiger charge is 2.35. The molecule has 0 atom stereocenters. The summed E-state index contributed by atoms with van der Waals surface area (Å²) >= 11 is 0. The molecule has 0 unspecified atom stereocenters. The molecule has 1 aliphatic rings. The third-order valence-corrected chi connectivity index (χ3v) is 5.31. The Balaban J connectivity index is 2.49. The minimum atomic E-state index is -3.44. The zero-order valence-corrected chi connectivity index (χ0v) is 11.2. The van der Waals surface area contributed by atoms with E-state index >= 15 is 0 Å². The molecular weight excluding hydrogens is 236 g/mol. The second-order valence-electron chi connectivity index (χ2n) is 4.73. The first-order valence-corrected chi connectivity index (χ1v) is 7.13. The van der Waals surface area contributed by atoms with Crippen molar-refractivity contribution in [2.75, 3.05) is 12.8 Å². The SMILES string of the molecule is Cc1cc(N)c(S(=O)(=O)N(C)C2CC2)cc1C. The number of sulfonamides is 1. The van der Waals surface area contributed by atoms with Gasteiger partial charge in [0.1, 0.15) is 4.90 Å². The van der Waals surface area contributed by atoms with E-state index in [2.05, 4.69) is 0 Å². The molecule has 0 aliphatic heterocycles. The molecule has 0 bridgehead atoms. The highest BCUT2D eigenvalue weighted by molar-refractivity contribution is 7.89. The lowest BCUT2D eigenvalue weighted by Crippen LogP contribution is -2.29. The summed E-state index contributed by atoms with van der Waals surface area (Å²) in [7, 11) is -1.81. The molecule has 0 amide bonds. The molecule has 0 radical (unpaired) electrons. The summed E-state index contributed by atoms with van der Waals surface area (Å²) < 4.78 is 26.1.